The number of nitrogens with zero attached hydrogens (tertiary/aromatic N) is 2. The first-order valence-corrected chi connectivity index (χ1v) is 23.7. The van der Waals surface area contributed by atoms with Crippen LogP contribution in [0.4, 0.5) is 0 Å². The van der Waals surface area contributed by atoms with Gasteiger partial charge in [-0.05, 0) is 70.8 Å². The Morgan fingerprint density at radius 1 is 0.464 bits per heavy atom. The minimum Gasteiger partial charge on any atom is -0.493 e. The zero-order valence-corrected chi connectivity index (χ0v) is 42.9. The summed E-state index contributed by atoms with van der Waals surface area (Å²) in [6, 6.07) is 16.4. The molecule has 2 aliphatic rings. The summed E-state index contributed by atoms with van der Waals surface area (Å²) in [5.74, 6) is 5.92. The van der Waals surface area contributed by atoms with Gasteiger partial charge in [0.2, 0.25) is 11.5 Å². The summed E-state index contributed by atoms with van der Waals surface area (Å²) >= 11 is 0. The number of carbonyl (C=O) groups is 2. The molecule has 0 amide bonds. The molecule has 376 valence electrons. The molecule has 0 radical (unpaired) electrons. The number of methoxy groups -OCH3 is 10. The van der Waals surface area contributed by atoms with E-state index in [1.54, 1.807) is 71.1 Å². The third-order valence-electron chi connectivity index (χ3n) is 14.4. The van der Waals surface area contributed by atoms with Crippen molar-refractivity contribution in [3.63, 3.8) is 0 Å². The second kappa shape index (κ2) is 23.5. The van der Waals surface area contributed by atoms with Crippen molar-refractivity contribution in [3.8, 4) is 57.5 Å². The molecule has 0 bridgehead atoms. The van der Waals surface area contributed by atoms with Gasteiger partial charge in [-0.25, -0.2) is 0 Å². The molecule has 15 heteroatoms. The molecule has 0 saturated heterocycles. The number of carbonyl (C=O) groups excluding carboxylic acids is 2. The lowest BCUT2D eigenvalue weighted by Gasteiger charge is -2.46. The summed E-state index contributed by atoms with van der Waals surface area (Å²) in [4.78, 5) is 26.5. The van der Waals surface area contributed by atoms with Crippen LogP contribution >= 0.6 is 0 Å². The largest absolute Gasteiger partial charge is 0.493 e. The van der Waals surface area contributed by atoms with Crippen molar-refractivity contribution < 1.29 is 70.7 Å². The third-order valence-corrected chi connectivity index (χ3v) is 14.4. The van der Waals surface area contributed by atoms with Gasteiger partial charge in [-0.3, -0.25) is 9.59 Å². The number of hydrogen-bond donors (Lipinski definition) is 0. The topological polar surface area (TPSA) is 136 Å². The van der Waals surface area contributed by atoms with Gasteiger partial charge in [-0.2, -0.15) is 0 Å². The molecule has 0 aromatic heterocycles. The Morgan fingerprint density at radius 2 is 0.841 bits per heavy atom. The first kappa shape index (κ1) is 52.3. The smallest absolute Gasteiger partial charge is 0.306 e. The highest BCUT2D eigenvalue weighted by atomic mass is 16.5. The van der Waals surface area contributed by atoms with Crippen LogP contribution in [0, 0.1) is 0 Å². The highest BCUT2D eigenvalue weighted by Gasteiger charge is 2.42. The van der Waals surface area contributed by atoms with E-state index in [0.717, 1.165) is 50.1 Å². The lowest BCUT2D eigenvalue weighted by molar-refractivity contribution is -0.941. The Labute approximate surface area is 408 Å². The van der Waals surface area contributed by atoms with Crippen LogP contribution in [0.5, 0.6) is 57.5 Å². The van der Waals surface area contributed by atoms with Gasteiger partial charge in [-0.15, -0.1) is 0 Å². The Hall–Kier alpha value is -6.06. The molecule has 4 aromatic carbocycles. The van der Waals surface area contributed by atoms with Crippen LogP contribution in [0.25, 0.3) is 0 Å². The van der Waals surface area contributed by atoms with Crippen LogP contribution in [0.2, 0.25) is 0 Å². The standard InChI is InChI=1S/C54H74N2O13/c1-55(22-18-37-31-44(59-3)46(61-5)33-40(37)42(55)25-35-27-48(63-7)53(67-11)49(28-35)64-8)20-13-15-39(57)16-17-52(58)69-24-14-21-56(2)23-19-38-32-45(60-4)47(62-6)34-41(38)43(56)26-36-29-50(65-9)54(68-12)51(30-36)66-10/h27-34,42-43H,13-26H2,1-12H3/q+2. The van der Waals surface area contributed by atoms with Gasteiger partial charge in [0.1, 0.15) is 17.9 Å². The fourth-order valence-electron chi connectivity index (χ4n) is 10.5. The van der Waals surface area contributed by atoms with Crippen LogP contribution in [-0.2, 0) is 40.0 Å². The number of likely N-dealkylation sites (N-methyl/N-ethyl adjacent to an activating group) is 2. The number of rotatable bonds is 25. The number of hydrogen-bond acceptors (Lipinski definition) is 13. The second-order valence-electron chi connectivity index (χ2n) is 18.4. The summed E-state index contributed by atoms with van der Waals surface area (Å²) in [5, 5.41) is 0. The number of ether oxygens (including phenoxy) is 11. The van der Waals surface area contributed by atoms with E-state index in [9.17, 15) is 9.59 Å². The number of Topliss-reactive ketones (excluding diaryl/α,β-unsaturated/α-hetero) is 1. The Balaban J connectivity index is 1.07. The summed E-state index contributed by atoms with van der Waals surface area (Å²) in [7, 11) is 20.8. The van der Waals surface area contributed by atoms with Gasteiger partial charge in [0.15, 0.2) is 46.0 Å². The maximum Gasteiger partial charge on any atom is 0.306 e. The minimum atomic E-state index is -0.359. The first-order chi connectivity index (χ1) is 33.2. The lowest BCUT2D eigenvalue weighted by atomic mass is 9.85. The van der Waals surface area contributed by atoms with Crippen LogP contribution in [0.3, 0.4) is 0 Å². The fourth-order valence-corrected chi connectivity index (χ4v) is 10.5. The average molecular weight is 959 g/mol. The van der Waals surface area contributed by atoms with Gasteiger partial charge in [0.25, 0.3) is 0 Å². The van der Waals surface area contributed by atoms with Crippen molar-refractivity contribution in [2.75, 3.05) is 118 Å². The van der Waals surface area contributed by atoms with Crippen molar-refractivity contribution in [3.05, 3.63) is 81.9 Å². The summed E-state index contributed by atoms with van der Waals surface area (Å²) in [5.41, 5.74) is 6.86. The molecule has 0 aliphatic carbocycles. The van der Waals surface area contributed by atoms with Crippen molar-refractivity contribution in [1.82, 2.24) is 0 Å². The van der Waals surface area contributed by atoms with Crippen molar-refractivity contribution >= 4 is 11.8 Å². The van der Waals surface area contributed by atoms with Crippen LogP contribution in [0.1, 0.15) is 77.6 Å². The molecular weight excluding hydrogens is 885 g/mol. The zero-order chi connectivity index (χ0) is 49.9. The number of esters is 1. The molecule has 0 spiro atoms. The van der Waals surface area contributed by atoms with E-state index in [1.807, 2.05) is 24.3 Å². The number of ketones is 1. The van der Waals surface area contributed by atoms with E-state index in [1.165, 1.54) is 22.3 Å². The summed E-state index contributed by atoms with van der Waals surface area (Å²) in [6.45, 7) is 3.53. The van der Waals surface area contributed by atoms with Crippen LogP contribution in [0.15, 0.2) is 48.5 Å². The second-order valence-corrected chi connectivity index (χ2v) is 18.4. The molecule has 4 unspecified atom stereocenters. The Morgan fingerprint density at radius 3 is 1.22 bits per heavy atom. The van der Waals surface area contributed by atoms with Gasteiger partial charge >= 0.3 is 5.97 Å². The molecule has 4 atom stereocenters. The van der Waals surface area contributed by atoms with Crippen molar-refractivity contribution in [1.29, 1.82) is 0 Å². The fraction of sp³-hybridized carbons (Fsp3) is 0.519. The van der Waals surface area contributed by atoms with E-state index < -0.39 is 0 Å². The molecule has 4 aromatic rings. The molecule has 0 saturated carbocycles. The van der Waals surface area contributed by atoms with Crippen LogP contribution in [-0.4, -0.2) is 139 Å². The molecule has 2 aliphatic heterocycles. The molecule has 0 fully saturated rings. The predicted octanol–water partition coefficient (Wildman–Crippen LogP) is 8.11. The first-order valence-electron chi connectivity index (χ1n) is 23.7. The minimum absolute atomic E-state index is 0.0294. The van der Waals surface area contributed by atoms with Crippen molar-refractivity contribution in [2.24, 2.45) is 0 Å². The van der Waals surface area contributed by atoms with Gasteiger partial charge < -0.3 is 61.1 Å². The average Bonchev–Trinajstić information content (AvgIpc) is 3.37. The Kier molecular flexibility index (Phi) is 17.8. The molecule has 15 nitrogen and oxygen atoms in total. The molecular formula is C54H74N2O13+2. The van der Waals surface area contributed by atoms with Crippen LogP contribution < -0.4 is 47.4 Å². The maximum absolute atomic E-state index is 13.4. The summed E-state index contributed by atoms with van der Waals surface area (Å²) < 4.78 is 64.2. The summed E-state index contributed by atoms with van der Waals surface area (Å²) in [6.07, 6.45) is 4.95. The van der Waals surface area contributed by atoms with Gasteiger partial charge in [-0.1, -0.05) is 0 Å². The zero-order valence-electron chi connectivity index (χ0n) is 42.9. The molecule has 69 heavy (non-hydrogen) atoms. The number of fused-ring (bicyclic) bond motifs is 2. The molecule has 2 heterocycles. The number of quaternary nitrogens is 2. The number of benzene rings is 4. The quantitative estimate of drug-likeness (QED) is 0.0360. The Bertz CT molecular complexity index is 2370. The molecule has 6 rings (SSSR count). The highest BCUT2D eigenvalue weighted by molar-refractivity contribution is 5.82. The van der Waals surface area contributed by atoms with E-state index in [4.69, 9.17) is 52.1 Å². The monoisotopic (exact) mass is 959 g/mol. The van der Waals surface area contributed by atoms with E-state index in [0.29, 0.717) is 98.6 Å². The normalized spacial score (nSPS) is 19.3. The van der Waals surface area contributed by atoms with Gasteiger partial charge in [0.05, 0.1) is 124 Å². The SMILES string of the molecule is COc1cc2c(cc1OC)C(Cc1cc(OC)c(OC)c(OC)c1)[N+](C)(CCCOC(=O)CCC(=O)CCC[N+]1(C)CCc3cc(OC)c(OC)cc3C1Cc1cc(OC)c(OC)c(OC)c1)CC2. The predicted molar refractivity (Wildman–Crippen MR) is 262 cm³/mol. The lowest BCUT2D eigenvalue weighted by Crippen LogP contribution is -2.52. The highest BCUT2D eigenvalue weighted by Crippen LogP contribution is 2.47. The van der Waals surface area contributed by atoms with E-state index in [2.05, 4.69) is 38.4 Å². The van der Waals surface area contributed by atoms with Gasteiger partial charge in [0, 0.05) is 62.5 Å². The third kappa shape index (κ3) is 11.7. The van der Waals surface area contributed by atoms with E-state index >= 15 is 0 Å². The van der Waals surface area contributed by atoms with Crippen molar-refractivity contribution in [2.45, 2.75) is 69.9 Å². The molecule has 0 N–H and O–H groups in total. The van der Waals surface area contributed by atoms with E-state index in [-0.39, 0.29) is 43.3 Å². The maximum atomic E-state index is 13.4.